The van der Waals surface area contributed by atoms with Crippen molar-refractivity contribution in [3.05, 3.63) is 112 Å². The highest BCUT2D eigenvalue weighted by atomic mass is 79.9. The Bertz CT molecular complexity index is 1660. The molecule has 222 valence electrons. The zero-order valence-electron chi connectivity index (χ0n) is 25.2. The predicted molar refractivity (Wildman–Crippen MR) is 172 cm³/mol. The molecule has 4 aromatic heterocycles. The van der Waals surface area contributed by atoms with Crippen LogP contribution in [0.25, 0.3) is 20.8 Å². The van der Waals surface area contributed by atoms with Crippen LogP contribution in [0.3, 0.4) is 0 Å². The first-order valence-corrected chi connectivity index (χ1v) is 14.2. The normalized spacial score (nSPS) is 14.1. The van der Waals surface area contributed by atoms with Gasteiger partial charge in [-0.3, -0.25) is 19.6 Å². The number of rotatable bonds is 4. The second kappa shape index (κ2) is 14.7. The number of pyridine rings is 4. The van der Waals surface area contributed by atoms with Crippen LogP contribution < -0.4 is 5.46 Å². The van der Waals surface area contributed by atoms with E-state index in [0.717, 1.165) is 21.1 Å². The summed E-state index contributed by atoms with van der Waals surface area (Å²) in [6, 6.07) is 13.9. The molecular weight excluding hydrogens is 623 g/mol. The maximum absolute atomic E-state index is 11.1. The average Bonchev–Trinajstić information content (AvgIpc) is 3.24. The van der Waals surface area contributed by atoms with Crippen molar-refractivity contribution in [2.45, 2.75) is 52.7 Å². The van der Waals surface area contributed by atoms with E-state index in [-0.39, 0.29) is 22.8 Å². The van der Waals surface area contributed by atoms with Crippen molar-refractivity contribution in [1.29, 1.82) is 0 Å². The van der Waals surface area contributed by atoms with Gasteiger partial charge < -0.3 is 19.0 Å². The van der Waals surface area contributed by atoms with Crippen molar-refractivity contribution in [3.63, 3.8) is 0 Å². The largest absolute Gasteiger partial charge is 0.498 e. The van der Waals surface area contributed by atoms with E-state index in [4.69, 9.17) is 22.5 Å². The van der Waals surface area contributed by atoms with Crippen molar-refractivity contribution in [1.82, 2.24) is 19.9 Å². The lowest BCUT2D eigenvalue weighted by Crippen LogP contribution is -2.41. The molecule has 0 amide bonds. The lowest BCUT2D eigenvalue weighted by molar-refractivity contribution is 0.00578. The van der Waals surface area contributed by atoms with Gasteiger partial charge in [0.1, 0.15) is 23.8 Å². The summed E-state index contributed by atoms with van der Waals surface area (Å²) in [6.07, 6.45) is 6.50. The number of carbonyl (C=O) groups excluding carboxylic acids is 2. The summed E-state index contributed by atoms with van der Waals surface area (Å²) in [7, 11) is -0.410. The second-order valence-corrected chi connectivity index (χ2v) is 11.5. The Morgan fingerprint density at radius 2 is 1.14 bits per heavy atom. The molecule has 12 heteroatoms. The summed E-state index contributed by atoms with van der Waals surface area (Å²) >= 11 is 3.22. The molecule has 0 radical (unpaired) electrons. The molecule has 0 saturated carbocycles. The van der Waals surface area contributed by atoms with Crippen LogP contribution in [0.5, 0.6) is 0 Å². The lowest BCUT2D eigenvalue weighted by atomic mass is 9.80. The molecule has 1 saturated heterocycles. The molecule has 0 aromatic carbocycles. The van der Waals surface area contributed by atoms with Crippen LogP contribution in [0.1, 0.15) is 62.5 Å². The molecule has 1 aliphatic rings. The fourth-order valence-electron chi connectivity index (χ4n) is 3.56. The molecule has 1 aliphatic heterocycles. The van der Waals surface area contributed by atoms with Gasteiger partial charge in [0, 0.05) is 47.3 Å². The molecule has 0 aliphatic carbocycles. The fraction of sp³-hybridized carbons (Fsp3) is 0.250. The van der Waals surface area contributed by atoms with Crippen LogP contribution >= 0.6 is 15.9 Å². The third-order valence-electron chi connectivity index (χ3n) is 6.82. The van der Waals surface area contributed by atoms with Crippen molar-refractivity contribution in [2.75, 3.05) is 0 Å². The molecule has 0 bridgehead atoms. The quantitative estimate of drug-likeness (QED) is 0.133. The van der Waals surface area contributed by atoms with Gasteiger partial charge in [0.15, 0.2) is 11.6 Å². The summed E-state index contributed by atoms with van der Waals surface area (Å²) in [5, 5.41) is 0. The maximum atomic E-state index is 11.1. The Hall–Kier alpha value is -4.62. The SMILES string of the molecule is CC(=O)c1ccc(Br)cn1.[C-]#[N+]c1ccc(-c2ccc(C(C)=O)nc2)cn1.[C-]#[N+]c1ccc(B2OC(C)(C)C(C)(C)O2)cn1. The fourth-order valence-corrected chi connectivity index (χ4v) is 3.80. The Balaban J connectivity index is 0.000000187. The van der Waals surface area contributed by atoms with Gasteiger partial charge in [0.2, 0.25) is 0 Å². The Labute approximate surface area is 265 Å². The third-order valence-corrected chi connectivity index (χ3v) is 7.29. The monoisotopic (exact) mass is 652 g/mol. The second-order valence-electron chi connectivity index (χ2n) is 10.6. The maximum Gasteiger partial charge on any atom is 0.498 e. The first-order chi connectivity index (χ1) is 20.8. The standard InChI is InChI=1S/C13H9N3O.C12H15BN2O2.C7H6BrNO/c1-9(17)12-5-3-10(7-15-12)11-4-6-13(14-2)16-8-11;1-11(2)12(3,4)17-13(16-11)9-6-7-10(14-5)15-8-9;1-5(10)7-3-2-6(8)4-9-7/h3-8H,1H3;6-8H,1-4H3;2-4H,1H3. The highest BCUT2D eigenvalue weighted by Crippen LogP contribution is 2.36. The third kappa shape index (κ3) is 8.94. The molecule has 0 spiro atoms. The van der Waals surface area contributed by atoms with Gasteiger partial charge in [0.05, 0.1) is 11.2 Å². The van der Waals surface area contributed by atoms with Crippen molar-refractivity contribution in [2.24, 2.45) is 0 Å². The molecule has 0 atom stereocenters. The first kappa shape index (κ1) is 33.9. The first-order valence-electron chi connectivity index (χ1n) is 13.4. The molecular formula is C32H30BBrN6O4. The Morgan fingerprint density at radius 1 is 0.682 bits per heavy atom. The molecule has 0 unspecified atom stereocenters. The van der Waals surface area contributed by atoms with Gasteiger partial charge in [-0.15, -0.1) is 9.97 Å². The zero-order valence-corrected chi connectivity index (χ0v) is 26.8. The van der Waals surface area contributed by atoms with E-state index in [1.54, 1.807) is 55.1 Å². The van der Waals surface area contributed by atoms with E-state index in [1.807, 2.05) is 45.9 Å². The number of hydrogen-bond acceptors (Lipinski definition) is 8. The van der Waals surface area contributed by atoms with Gasteiger partial charge in [0.25, 0.3) is 11.6 Å². The molecule has 0 N–H and O–H groups in total. The number of carbonyl (C=O) groups is 2. The van der Waals surface area contributed by atoms with Crippen molar-refractivity contribution in [3.8, 4) is 11.1 Å². The van der Waals surface area contributed by atoms with E-state index in [0.29, 0.717) is 23.0 Å². The van der Waals surface area contributed by atoms with Gasteiger partial charge in [-0.05, 0) is 74.0 Å². The number of nitrogens with zero attached hydrogens (tertiary/aromatic N) is 6. The number of aromatic nitrogens is 4. The minimum Gasteiger partial charge on any atom is -0.399 e. The minimum absolute atomic E-state index is 0.00694. The van der Waals surface area contributed by atoms with E-state index >= 15 is 0 Å². The molecule has 5 heterocycles. The highest BCUT2D eigenvalue weighted by molar-refractivity contribution is 9.10. The Morgan fingerprint density at radius 3 is 1.50 bits per heavy atom. The van der Waals surface area contributed by atoms with Crippen molar-refractivity contribution < 1.29 is 18.9 Å². The van der Waals surface area contributed by atoms with Gasteiger partial charge >= 0.3 is 7.12 Å². The van der Waals surface area contributed by atoms with Crippen LogP contribution in [0, 0.1) is 13.1 Å². The van der Waals surface area contributed by atoms with Crippen LogP contribution in [0.4, 0.5) is 11.6 Å². The van der Waals surface area contributed by atoms with Crippen LogP contribution in [0.2, 0.25) is 0 Å². The lowest BCUT2D eigenvalue weighted by Gasteiger charge is -2.32. The van der Waals surface area contributed by atoms with Gasteiger partial charge in [-0.1, -0.05) is 31.3 Å². The predicted octanol–water partition coefficient (Wildman–Crippen LogP) is 6.88. The smallest absolute Gasteiger partial charge is 0.399 e. The number of hydrogen-bond donors (Lipinski definition) is 0. The summed E-state index contributed by atoms with van der Waals surface area (Å²) in [6.45, 7) is 24.7. The van der Waals surface area contributed by atoms with E-state index in [2.05, 4.69) is 45.6 Å². The molecule has 4 aromatic rings. The molecule has 1 fully saturated rings. The number of ketones is 2. The average molecular weight is 653 g/mol. The van der Waals surface area contributed by atoms with Crippen molar-refractivity contribution >= 4 is 51.7 Å². The molecule has 44 heavy (non-hydrogen) atoms. The van der Waals surface area contributed by atoms with Gasteiger partial charge in [-0.2, -0.15) is 0 Å². The number of Topliss-reactive ketones (excluding diaryl/α,β-unsaturated/α-hetero) is 2. The van der Waals surface area contributed by atoms with E-state index in [1.165, 1.54) is 13.8 Å². The Kier molecular flexibility index (Phi) is 11.3. The van der Waals surface area contributed by atoms with Crippen LogP contribution in [-0.2, 0) is 9.31 Å². The van der Waals surface area contributed by atoms with Crippen LogP contribution in [0.15, 0.2) is 77.8 Å². The summed E-state index contributed by atoms with van der Waals surface area (Å²) in [5.74, 6) is 0.679. The molecule has 10 nitrogen and oxygen atoms in total. The summed E-state index contributed by atoms with van der Waals surface area (Å²) in [4.78, 5) is 44.2. The zero-order chi connectivity index (χ0) is 32.5. The topological polar surface area (TPSA) is 113 Å². The van der Waals surface area contributed by atoms with Crippen LogP contribution in [-0.4, -0.2) is 49.8 Å². The van der Waals surface area contributed by atoms with E-state index in [9.17, 15) is 9.59 Å². The summed E-state index contributed by atoms with van der Waals surface area (Å²) in [5.41, 5.74) is 2.84. The van der Waals surface area contributed by atoms with E-state index < -0.39 is 7.12 Å². The minimum atomic E-state index is -0.410. The number of halogens is 1. The highest BCUT2D eigenvalue weighted by Gasteiger charge is 2.52. The van der Waals surface area contributed by atoms with Gasteiger partial charge in [-0.25, -0.2) is 0 Å². The summed E-state index contributed by atoms with van der Waals surface area (Å²) < 4.78 is 12.7. The molecule has 5 rings (SSSR count).